The number of carbonyl (C=O) groups excluding carboxylic acids is 1. The molecule has 1 aliphatic carbocycles. The maximum absolute atomic E-state index is 13.5. The van der Waals surface area contributed by atoms with Gasteiger partial charge in [0.25, 0.3) is 5.91 Å². The molecule has 6 rings (SSSR count). The molecule has 176 valence electrons. The smallest absolute Gasteiger partial charge is 0.259 e. The van der Waals surface area contributed by atoms with E-state index in [9.17, 15) is 4.79 Å². The lowest BCUT2D eigenvalue weighted by atomic mass is 9.91. The minimum Gasteiger partial charge on any atom is -0.322 e. The molecule has 0 radical (unpaired) electrons. The van der Waals surface area contributed by atoms with E-state index in [1.54, 1.807) is 6.20 Å². The summed E-state index contributed by atoms with van der Waals surface area (Å²) >= 11 is 0. The van der Waals surface area contributed by atoms with Crippen LogP contribution in [0.3, 0.4) is 0 Å². The Morgan fingerprint density at radius 3 is 2.29 bits per heavy atom. The predicted molar refractivity (Wildman–Crippen MR) is 140 cm³/mol. The number of nitrogens with zero attached hydrogens (tertiary/aromatic N) is 3. The Morgan fingerprint density at radius 1 is 0.857 bits per heavy atom. The highest BCUT2D eigenvalue weighted by atomic mass is 16.1. The Kier molecular flexibility index (Phi) is 5.93. The second-order valence-electron chi connectivity index (χ2n) is 9.58. The molecular formula is C30H30N4O. The number of amides is 1. The van der Waals surface area contributed by atoms with E-state index >= 15 is 0 Å². The van der Waals surface area contributed by atoms with Gasteiger partial charge in [-0.3, -0.25) is 9.69 Å². The first-order chi connectivity index (χ1) is 17.3. The van der Waals surface area contributed by atoms with E-state index in [0.717, 1.165) is 54.6 Å². The van der Waals surface area contributed by atoms with Crippen molar-refractivity contribution in [3.05, 3.63) is 102 Å². The predicted octanol–water partition coefficient (Wildman–Crippen LogP) is 5.74. The number of carbonyl (C=O) groups is 1. The third-order valence-corrected chi connectivity index (χ3v) is 7.45. The van der Waals surface area contributed by atoms with Crippen LogP contribution in [0, 0.1) is 0 Å². The van der Waals surface area contributed by atoms with Gasteiger partial charge in [-0.1, -0.05) is 61.0 Å². The molecule has 1 saturated carbocycles. The fourth-order valence-corrected chi connectivity index (χ4v) is 5.29. The molecule has 0 spiro atoms. The standard InChI is InChI=1S/C30H30N4O/c35-30(32-25-15-14-22-16-18-33(26-12-7-13-26)19-17-24(22)20-25)28-21-31-34(27-10-5-2-6-11-27)29(28)23-8-3-1-4-9-23/h1-6,8-11,14-15,20-21,26H,7,12-13,16-19H2,(H,32,35). The normalized spacial score (nSPS) is 16.2. The first-order valence-electron chi connectivity index (χ1n) is 12.6. The Hall–Kier alpha value is -3.70. The lowest BCUT2D eigenvalue weighted by molar-refractivity contribution is 0.102. The summed E-state index contributed by atoms with van der Waals surface area (Å²) in [5.41, 5.74) is 6.84. The van der Waals surface area contributed by atoms with Crippen LogP contribution in [0.4, 0.5) is 5.69 Å². The molecule has 2 aliphatic rings. The molecule has 3 aromatic carbocycles. The lowest BCUT2D eigenvalue weighted by Gasteiger charge is -2.36. The van der Waals surface area contributed by atoms with Crippen LogP contribution < -0.4 is 5.32 Å². The molecule has 0 unspecified atom stereocenters. The second kappa shape index (κ2) is 9.51. The van der Waals surface area contributed by atoms with Crippen molar-refractivity contribution in [2.75, 3.05) is 18.4 Å². The van der Waals surface area contributed by atoms with E-state index in [4.69, 9.17) is 0 Å². The number of nitrogens with one attached hydrogen (secondary N) is 1. The molecule has 0 atom stereocenters. The van der Waals surface area contributed by atoms with Crippen LogP contribution in [0.5, 0.6) is 0 Å². The summed E-state index contributed by atoms with van der Waals surface area (Å²) in [5, 5.41) is 7.75. The number of anilines is 1. The molecule has 1 amide bonds. The average molecular weight is 463 g/mol. The van der Waals surface area contributed by atoms with Gasteiger partial charge in [-0.05, 0) is 61.1 Å². The monoisotopic (exact) mass is 462 g/mol. The number of hydrogen-bond acceptors (Lipinski definition) is 3. The van der Waals surface area contributed by atoms with Crippen LogP contribution in [0.1, 0.15) is 40.7 Å². The molecule has 1 aliphatic heterocycles. The Labute approximate surface area is 206 Å². The van der Waals surface area contributed by atoms with Gasteiger partial charge < -0.3 is 5.32 Å². The van der Waals surface area contributed by atoms with Gasteiger partial charge in [0.2, 0.25) is 0 Å². The molecule has 1 fully saturated rings. The van der Waals surface area contributed by atoms with E-state index in [0.29, 0.717) is 5.56 Å². The minimum atomic E-state index is -0.143. The maximum atomic E-state index is 13.5. The van der Waals surface area contributed by atoms with Gasteiger partial charge in [-0.25, -0.2) is 4.68 Å². The number of fused-ring (bicyclic) bond motifs is 1. The van der Waals surface area contributed by atoms with Crippen LogP contribution in [-0.2, 0) is 12.8 Å². The van der Waals surface area contributed by atoms with Crippen molar-refractivity contribution in [3.63, 3.8) is 0 Å². The quantitative estimate of drug-likeness (QED) is 0.411. The number of rotatable bonds is 5. The van der Waals surface area contributed by atoms with Gasteiger partial charge in [-0.2, -0.15) is 5.10 Å². The summed E-state index contributed by atoms with van der Waals surface area (Å²) < 4.78 is 1.84. The van der Waals surface area contributed by atoms with Gasteiger partial charge in [0, 0.05) is 30.4 Å². The van der Waals surface area contributed by atoms with Crippen molar-refractivity contribution in [2.45, 2.75) is 38.1 Å². The minimum absolute atomic E-state index is 0.143. The molecule has 0 saturated heterocycles. The van der Waals surface area contributed by atoms with Crippen LogP contribution >= 0.6 is 0 Å². The van der Waals surface area contributed by atoms with Crippen LogP contribution in [0.15, 0.2) is 85.1 Å². The molecule has 5 nitrogen and oxygen atoms in total. The maximum Gasteiger partial charge on any atom is 0.259 e. The summed E-state index contributed by atoms with van der Waals surface area (Å²) in [6.07, 6.45) is 7.86. The van der Waals surface area contributed by atoms with E-state index in [2.05, 4.69) is 27.4 Å². The van der Waals surface area contributed by atoms with Gasteiger partial charge in [-0.15, -0.1) is 0 Å². The Bertz CT molecular complexity index is 1330. The number of hydrogen-bond donors (Lipinski definition) is 1. The molecule has 1 N–H and O–H groups in total. The van der Waals surface area contributed by atoms with Crippen molar-refractivity contribution in [3.8, 4) is 16.9 Å². The zero-order valence-corrected chi connectivity index (χ0v) is 19.9. The highest BCUT2D eigenvalue weighted by Gasteiger charge is 2.26. The van der Waals surface area contributed by atoms with Crippen LogP contribution in [-0.4, -0.2) is 39.7 Å². The van der Waals surface area contributed by atoms with Crippen molar-refractivity contribution in [1.82, 2.24) is 14.7 Å². The largest absolute Gasteiger partial charge is 0.322 e. The lowest BCUT2D eigenvalue weighted by Crippen LogP contribution is -2.41. The third kappa shape index (κ3) is 4.40. The van der Waals surface area contributed by atoms with E-state index in [1.165, 1.54) is 30.4 Å². The fourth-order valence-electron chi connectivity index (χ4n) is 5.29. The van der Waals surface area contributed by atoms with Crippen LogP contribution in [0.25, 0.3) is 16.9 Å². The SMILES string of the molecule is O=C(Nc1ccc2c(c1)CCN(C1CCC1)CC2)c1cnn(-c2ccccc2)c1-c1ccccc1. The fraction of sp³-hybridized carbons (Fsp3) is 0.267. The average Bonchev–Trinajstić information content (AvgIpc) is 3.22. The summed E-state index contributed by atoms with van der Waals surface area (Å²) in [5.74, 6) is -0.143. The molecule has 5 heteroatoms. The van der Waals surface area contributed by atoms with Crippen molar-refractivity contribution >= 4 is 11.6 Å². The van der Waals surface area contributed by atoms with Gasteiger partial charge in [0.05, 0.1) is 23.1 Å². The summed E-state index contributed by atoms with van der Waals surface area (Å²) in [6.45, 7) is 2.25. The second-order valence-corrected chi connectivity index (χ2v) is 9.58. The van der Waals surface area contributed by atoms with Gasteiger partial charge in [0.1, 0.15) is 0 Å². The topological polar surface area (TPSA) is 50.2 Å². The van der Waals surface area contributed by atoms with Gasteiger partial charge >= 0.3 is 0 Å². The number of aromatic nitrogens is 2. The summed E-state index contributed by atoms with van der Waals surface area (Å²) in [6, 6.07) is 27.1. The Balaban J connectivity index is 1.27. The van der Waals surface area contributed by atoms with Crippen molar-refractivity contribution in [1.29, 1.82) is 0 Å². The Morgan fingerprint density at radius 2 is 1.57 bits per heavy atom. The first kappa shape index (κ1) is 21.8. The van der Waals surface area contributed by atoms with Crippen LogP contribution in [0.2, 0.25) is 0 Å². The van der Waals surface area contributed by atoms with E-state index in [1.807, 2.05) is 71.4 Å². The number of para-hydroxylation sites is 1. The van der Waals surface area contributed by atoms with E-state index < -0.39 is 0 Å². The van der Waals surface area contributed by atoms with Crippen molar-refractivity contribution in [2.24, 2.45) is 0 Å². The molecule has 4 aromatic rings. The highest BCUT2D eigenvalue weighted by molar-refractivity contribution is 6.08. The molecular weight excluding hydrogens is 432 g/mol. The summed E-state index contributed by atoms with van der Waals surface area (Å²) in [4.78, 5) is 16.2. The third-order valence-electron chi connectivity index (χ3n) is 7.45. The molecule has 0 bridgehead atoms. The van der Waals surface area contributed by atoms with Crippen molar-refractivity contribution < 1.29 is 4.79 Å². The molecule has 35 heavy (non-hydrogen) atoms. The molecule has 1 aromatic heterocycles. The van der Waals surface area contributed by atoms with E-state index in [-0.39, 0.29) is 5.91 Å². The number of benzene rings is 3. The highest BCUT2D eigenvalue weighted by Crippen LogP contribution is 2.30. The summed E-state index contributed by atoms with van der Waals surface area (Å²) in [7, 11) is 0. The zero-order chi connectivity index (χ0) is 23.6. The first-order valence-corrected chi connectivity index (χ1v) is 12.6. The zero-order valence-electron chi connectivity index (χ0n) is 19.9. The molecule has 2 heterocycles. The van der Waals surface area contributed by atoms with Gasteiger partial charge in [0.15, 0.2) is 0 Å².